The summed E-state index contributed by atoms with van der Waals surface area (Å²) >= 11 is 0. The Balaban J connectivity index is 2.77. The maximum Gasteiger partial charge on any atom is 0.246 e. The molecule has 2 amide bonds. The summed E-state index contributed by atoms with van der Waals surface area (Å²) in [6.07, 6.45) is 0. The lowest BCUT2D eigenvalue weighted by atomic mass is 10.2. The summed E-state index contributed by atoms with van der Waals surface area (Å²) in [6.45, 7) is 5.92. The number of carbonyl (C=O) groups is 2. The number of hydrogen-bond acceptors (Lipinski definition) is 2. The Labute approximate surface area is 102 Å². The minimum absolute atomic E-state index is 0.0388. The largest absolute Gasteiger partial charge is 0.347 e. The molecule has 0 bridgehead atoms. The molecule has 0 fully saturated rings. The van der Waals surface area contributed by atoms with Crippen molar-refractivity contribution >= 4 is 17.5 Å². The number of amides is 2. The molecule has 0 saturated carbocycles. The van der Waals surface area contributed by atoms with Crippen LogP contribution in [0.25, 0.3) is 0 Å². The van der Waals surface area contributed by atoms with Crippen LogP contribution in [0.1, 0.15) is 19.4 Å². The molecule has 1 aromatic rings. The Kier molecular flexibility index (Phi) is 4.69. The summed E-state index contributed by atoms with van der Waals surface area (Å²) in [7, 11) is 0. The molecule has 0 aliphatic heterocycles. The van der Waals surface area contributed by atoms with Crippen LogP contribution in [0, 0.1) is 6.92 Å². The molecule has 1 N–H and O–H groups in total. The highest BCUT2D eigenvalue weighted by Crippen LogP contribution is 2.15. The van der Waals surface area contributed by atoms with Crippen LogP contribution in [0.4, 0.5) is 5.69 Å². The SMILES string of the molecule is CCN(C(=O)CNC(C)=O)c1cccc(C)c1. The topological polar surface area (TPSA) is 49.4 Å². The van der Waals surface area contributed by atoms with Gasteiger partial charge in [0.05, 0.1) is 6.54 Å². The lowest BCUT2D eigenvalue weighted by Gasteiger charge is -2.21. The van der Waals surface area contributed by atoms with E-state index in [0.29, 0.717) is 6.54 Å². The third-order valence-electron chi connectivity index (χ3n) is 2.42. The van der Waals surface area contributed by atoms with Gasteiger partial charge >= 0.3 is 0 Å². The monoisotopic (exact) mass is 234 g/mol. The number of anilines is 1. The highest BCUT2D eigenvalue weighted by Gasteiger charge is 2.13. The third-order valence-corrected chi connectivity index (χ3v) is 2.42. The smallest absolute Gasteiger partial charge is 0.246 e. The first-order valence-electron chi connectivity index (χ1n) is 5.66. The molecule has 0 heterocycles. The van der Waals surface area contributed by atoms with Crippen molar-refractivity contribution in [3.63, 3.8) is 0 Å². The van der Waals surface area contributed by atoms with Gasteiger partial charge < -0.3 is 10.2 Å². The van der Waals surface area contributed by atoms with Crippen LogP contribution < -0.4 is 10.2 Å². The fourth-order valence-corrected chi connectivity index (χ4v) is 1.59. The van der Waals surface area contributed by atoms with Gasteiger partial charge in [0.15, 0.2) is 0 Å². The quantitative estimate of drug-likeness (QED) is 0.858. The van der Waals surface area contributed by atoms with E-state index < -0.39 is 0 Å². The van der Waals surface area contributed by atoms with E-state index >= 15 is 0 Å². The summed E-state index contributed by atoms with van der Waals surface area (Å²) < 4.78 is 0. The molecule has 0 aromatic heterocycles. The van der Waals surface area contributed by atoms with Crippen molar-refractivity contribution in [2.75, 3.05) is 18.0 Å². The van der Waals surface area contributed by atoms with Gasteiger partial charge in [0.2, 0.25) is 11.8 Å². The van der Waals surface area contributed by atoms with E-state index in [1.165, 1.54) is 6.92 Å². The summed E-state index contributed by atoms with van der Waals surface area (Å²) in [5, 5.41) is 2.51. The van der Waals surface area contributed by atoms with Crippen molar-refractivity contribution in [3.8, 4) is 0 Å². The number of carbonyl (C=O) groups excluding carboxylic acids is 2. The average molecular weight is 234 g/mol. The zero-order valence-corrected chi connectivity index (χ0v) is 10.5. The minimum atomic E-state index is -0.196. The number of likely N-dealkylation sites (N-methyl/N-ethyl adjacent to an activating group) is 1. The highest BCUT2D eigenvalue weighted by molar-refractivity contribution is 5.96. The van der Waals surface area contributed by atoms with Gasteiger partial charge in [0, 0.05) is 19.2 Å². The van der Waals surface area contributed by atoms with Gasteiger partial charge in [0.25, 0.3) is 0 Å². The van der Waals surface area contributed by atoms with Crippen molar-refractivity contribution < 1.29 is 9.59 Å². The molecule has 1 rings (SSSR count). The first kappa shape index (κ1) is 13.2. The van der Waals surface area contributed by atoms with Crippen LogP contribution in [-0.2, 0) is 9.59 Å². The second-order valence-corrected chi connectivity index (χ2v) is 3.89. The van der Waals surface area contributed by atoms with E-state index in [9.17, 15) is 9.59 Å². The summed E-state index contributed by atoms with van der Waals surface area (Å²) in [6, 6.07) is 7.74. The minimum Gasteiger partial charge on any atom is -0.347 e. The Morgan fingerprint density at radius 1 is 1.35 bits per heavy atom. The van der Waals surface area contributed by atoms with Crippen LogP contribution >= 0.6 is 0 Å². The van der Waals surface area contributed by atoms with Gasteiger partial charge in [-0.3, -0.25) is 9.59 Å². The second kappa shape index (κ2) is 6.03. The number of rotatable bonds is 4. The molecule has 0 unspecified atom stereocenters. The van der Waals surface area contributed by atoms with E-state index in [0.717, 1.165) is 11.3 Å². The molecule has 4 nitrogen and oxygen atoms in total. The van der Waals surface area contributed by atoms with Gasteiger partial charge in [-0.15, -0.1) is 0 Å². The standard InChI is InChI=1S/C13H18N2O2/c1-4-15(13(17)9-14-11(3)16)12-7-5-6-10(2)8-12/h5-8H,4,9H2,1-3H3,(H,14,16). The van der Waals surface area contributed by atoms with Crippen molar-refractivity contribution in [1.29, 1.82) is 0 Å². The molecule has 0 saturated heterocycles. The molecule has 0 spiro atoms. The Morgan fingerprint density at radius 2 is 2.06 bits per heavy atom. The van der Waals surface area contributed by atoms with Crippen LogP contribution in [-0.4, -0.2) is 24.9 Å². The summed E-state index contributed by atoms with van der Waals surface area (Å²) in [4.78, 5) is 24.3. The van der Waals surface area contributed by atoms with Gasteiger partial charge in [-0.25, -0.2) is 0 Å². The summed E-state index contributed by atoms with van der Waals surface area (Å²) in [5.41, 5.74) is 1.97. The first-order valence-corrected chi connectivity index (χ1v) is 5.66. The van der Waals surface area contributed by atoms with Gasteiger partial charge in [-0.05, 0) is 31.5 Å². The van der Waals surface area contributed by atoms with Crippen molar-refractivity contribution in [2.45, 2.75) is 20.8 Å². The molecule has 4 heteroatoms. The second-order valence-electron chi connectivity index (χ2n) is 3.89. The van der Waals surface area contributed by atoms with E-state index in [-0.39, 0.29) is 18.4 Å². The fourth-order valence-electron chi connectivity index (χ4n) is 1.59. The third kappa shape index (κ3) is 3.90. The normalized spacial score (nSPS) is 9.82. The van der Waals surface area contributed by atoms with Gasteiger partial charge in [-0.1, -0.05) is 12.1 Å². The highest BCUT2D eigenvalue weighted by atomic mass is 16.2. The van der Waals surface area contributed by atoms with Crippen LogP contribution in [0.5, 0.6) is 0 Å². The maximum absolute atomic E-state index is 11.9. The lowest BCUT2D eigenvalue weighted by Crippen LogP contribution is -2.39. The van der Waals surface area contributed by atoms with E-state index in [1.54, 1.807) is 4.90 Å². The van der Waals surface area contributed by atoms with Crippen LogP contribution in [0.2, 0.25) is 0 Å². The van der Waals surface area contributed by atoms with Crippen molar-refractivity contribution in [2.24, 2.45) is 0 Å². The van der Waals surface area contributed by atoms with Crippen LogP contribution in [0.15, 0.2) is 24.3 Å². The van der Waals surface area contributed by atoms with Gasteiger partial charge in [0.1, 0.15) is 0 Å². The molecule has 17 heavy (non-hydrogen) atoms. The van der Waals surface area contributed by atoms with E-state index in [4.69, 9.17) is 0 Å². The lowest BCUT2D eigenvalue weighted by molar-refractivity contribution is -0.123. The molecular formula is C13H18N2O2. The van der Waals surface area contributed by atoms with Crippen molar-refractivity contribution in [1.82, 2.24) is 5.32 Å². The molecule has 0 atom stereocenters. The molecule has 0 radical (unpaired) electrons. The zero-order chi connectivity index (χ0) is 12.8. The van der Waals surface area contributed by atoms with E-state index in [2.05, 4.69) is 5.32 Å². The van der Waals surface area contributed by atoms with E-state index in [1.807, 2.05) is 38.1 Å². The fraction of sp³-hybridized carbons (Fsp3) is 0.385. The molecule has 0 aliphatic rings. The Hall–Kier alpha value is -1.84. The predicted octanol–water partition coefficient (Wildman–Crippen LogP) is 1.48. The number of nitrogens with zero attached hydrogens (tertiary/aromatic N) is 1. The zero-order valence-electron chi connectivity index (χ0n) is 10.5. The Morgan fingerprint density at radius 3 is 2.59 bits per heavy atom. The average Bonchev–Trinajstić information content (AvgIpc) is 2.27. The number of aryl methyl sites for hydroxylation is 1. The number of nitrogens with one attached hydrogen (secondary N) is 1. The molecule has 0 aliphatic carbocycles. The molecule has 1 aromatic carbocycles. The first-order chi connectivity index (χ1) is 8.04. The summed E-state index contributed by atoms with van der Waals surface area (Å²) in [5.74, 6) is -0.299. The number of hydrogen-bond donors (Lipinski definition) is 1. The number of benzene rings is 1. The van der Waals surface area contributed by atoms with Gasteiger partial charge in [-0.2, -0.15) is 0 Å². The maximum atomic E-state index is 11.9. The van der Waals surface area contributed by atoms with Crippen LogP contribution in [0.3, 0.4) is 0 Å². The predicted molar refractivity (Wildman–Crippen MR) is 67.9 cm³/mol. The van der Waals surface area contributed by atoms with Crippen molar-refractivity contribution in [3.05, 3.63) is 29.8 Å². The molecular weight excluding hydrogens is 216 g/mol. The molecule has 92 valence electrons. The Bertz CT molecular complexity index is 416.